The number of halogens is 5. The SMILES string of the molecule is O=C(O)[C@H]1[C@H](c2cccc(C(F)(F)F)c2)C1(Cl)Cl. The van der Waals surface area contributed by atoms with Gasteiger partial charge in [-0.3, -0.25) is 4.79 Å². The van der Waals surface area contributed by atoms with Crippen molar-refractivity contribution in [2.24, 2.45) is 5.92 Å². The molecule has 98 valence electrons. The van der Waals surface area contributed by atoms with E-state index in [1.165, 1.54) is 12.1 Å². The highest BCUT2D eigenvalue weighted by atomic mass is 35.5. The molecular weight excluding hydrogens is 292 g/mol. The summed E-state index contributed by atoms with van der Waals surface area (Å²) in [5.41, 5.74) is -0.664. The lowest BCUT2D eigenvalue weighted by molar-refractivity contribution is -0.138. The highest BCUT2D eigenvalue weighted by Crippen LogP contribution is 2.65. The molecule has 1 aromatic rings. The molecule has 0 spiro atoms. The number of hydrogen-bond donors (Lipinski definition) is 1. The summed E-state index contributed by atoms with van der Waals surface area (Å²) in [6.07, 6.45) is -4.48. The maximum absolute atomic E-state index is 12.5. The molecule has 1 aromatic carbocycles. The van der Waals surface area contributed by atoms with E-state index in [2.05, 4.69) is 0 Å². The van der Waals surface area contributed by atoms with Crippen LogP contribution in [0.25, 0.3) is 0 Å². The fourth-order valence-electron chi connectivity index (χ4n) is 1.96. The van der Waals surface area contributed by atoms with E-state index < -0.39 is 33.9 Å². The van der Waals surface area contributed by atoms with E-state index in [-0.39, 0.29) is 5.56 Å². The van der Waals surface area contributed by atoms with Crippen molar-refractivity contribution in [1.29, 1.82) is 0 Å². The van der Waals surface area contributed by atoms with Crippen LogP contribution in [0.15, 0.2) is 24.3 Å². The molecule has 1 fully saturated rings. The maximum Gasteiger partial charge on any atom is 0.416 e. The van der Waals surface area contributed by atoms with Crippen molar-refractivity contribution in [3.8, 4) is 0 Å². The normalized spacial score (nSPS) is 25.8. The Hall–Kier alpha value is -0.940. The Morgan fingerprint density at radius 1 is 1.33 bits per heavy atom. The van der Waals surface area contributed by atoms with Gasteiger partial charge in [-0.15, -0.1) is 0 Å². The predicted octanol–water partition coefficient (Wildman–Crippen LogP) is 3.68. The van der Waals surface area contributed by atoms with Crippen LogP contribution in [0.2, 0.25) is 0 Å². The Kier molecular flexibility index (Phi) is 3.02. The molecule has 2 nitrogen and oxygen atoms in total. The lowest BCUT2D eigenvalue weighted by Gasteiger charge is -2.08. The molecule has 0 aromatic heterocycles. The minimum Gasteiger partial charge on any atom is -0.481 e. The fourth-order valence-corrected chi connectivity index (χ4v) is 2.77. The van der Waals surface area contributed by atoms with Crippen LogP contribution in [0.5, 0.6) is 0 Å². The Bertz CT molecular complexity index is 499. The highest BCUT2D eigenvalue weighted by molar-refractivity contribution is 6.53. The van der Waals surface area contributed by atoms with Crippen LogP contribution in [-0.2, 0) is 11.0 Å². The van der Waals surface area contributed by atoms with Crippen molar-refractivity contribution in [3.05, 3.63) is 35.4 Å². The first-order valence-electron chi connectivity index (χ1n) is 4.93. The highest BCUT2D eigenvalue weighted by Gasteiger charge is 2.68. The minimum absolute atomic E-state index is 0.183. The third-order valence-corrected chi connectivity index (χ3v) is 3.83. The summed E-state index contributed by atoms with van der Waals surface area (Å²) in [5.74, 6) is -3.12. The monoisotopic (exact) mass is 298 g/mol. The number of carbonyl (C=O) groups is 1. The van der Waals surface area contributed by atoms with Crippen LogP contribution in [0, 0.1) is 5.92 Å². The van der Waals surface area contributed by atoms with Crippen LogP contribution < -0.4 is 0 Å². The molecule has 1 saturated carbocycles. The zero-order valence-corrected chi connectivity index (χ0v) is 10.2. The first kappa shape index (κ1) is 13.5. The summed E-state index contributed by atoms with van der Waals surface area (Å²) in [6, 6.07) is 4.39. The van der Waals surface area contributed by atoms with Gasteiger partial charge < -0.3 is 5.11 Å². The molecule has 1 N–H and O–H groups in total. The first-order chi connectivity index (χ1) is 8.15. The number of carboxylic acid groups (broad SMARTS) is 1. The van der Waals surface area contributed by atoms with Gasteiger partial charge in [0.05, 0.1) is 11.5 Å². The number of benzene rings is 1. The van der Waals surface area contributed by atoms with Crippen LogP contribution in [0.1, 0.15) is 17.0 Å². The third kappa shape index (κ3) is 2.17. The Morgan fingerprint density at radius 2 is 1.94 bits per heavy atom. The van der Waals surface area contributed by atoms with E-state index in [1.54, 1.807) is 0 Å². The van der Waals surface area contributed by atoms with Crippen LogP contribution in [-0.4, -0.2) is 15.4 Å². The van der Waals surface area contributed by atoms with Gasteiger partial charge in [-0.2, -0.15) is 13.2 Å². The molecule has 0 saturated heterocycles. The largest absolute Gasteiger partial charge is 0.481 e. The number of aliphatic carboxylic acids is 1. The van der Waals surface area contributed by atoms with Gasteiger partial charge in [-0.25, -0.2) is 0 Å². The molecule has 2 rings (SSSR count). The molecule has 0 amide bonds. The third-order valence-electron chi connectivity index (χ3n) is 2.89. The van der Waals surface area contributed by atoms with Crippen molar-refractivity contribution in [1.82, 2.24) is 0 Å². The molecule has 1 aliphatic rings. The predicted molar refractivity (Wildman–Crippen MR) is 59.7 cm³/mol. The van der Waals surface area contributed by atoms with Crippen molar-refractivity contribution in [2.75, 3.05) is 0 Å². The van der Waals surface area contributed by atoms with Crippen LogP contribution >= 0.6 is 23.2 Å². The summed E-state index contributed by atoms with van der Waals surface area (Å²) >= 11 is 11.5. The van der Waals surface area contributed by atoms with Gasteiger partial charge in [-0.1, -0.05) is 41.4 Å². The summed E-state index contributed by atoms with van der Waals surface area (Å²) in [7, 11) is 0. The maximum atomic E-state index is 12.5. The molecule has 0 heterocycles. The average Bonchev–Trinajstić information content (AvgIpc) is 2.81. The number of alkyl halides is 5. The molecule has 0 aliphatic heterocycles. The summed E-state index contributed by atoms with van der Waals surface area (Å²) in [5, 5.41) is 8.86. The Morgan fingerprint density at radius 3 is 2.39 bits per heavy atom. The molecule has 7 heteroatoms. The number of carboxylic acids is 1. The smallest absolute Gasteiger partial charge is 0.416 e. The first-order valence-corrected chi connectivity index (χ1v) is 5.69. The minimum atomic E-state index is -4.48. The van der Waals surface area contributed by atoms with E-state index in [0.29, 0.717) is 0 Å². The zero-order valence-electron chi connectivity index (χ0n) is 8.71. The standard InChI is InChI=1S/C11H7Cl2F3O2/c12-10(13)7(8(10)9(17)18)5-2-1-3-6(4-5)11(14,15)16/h1-4,7-8H,(H,17,18)/t7-,8+/m0/s1. The summed E-state index contributed by atoms with van der Waals surface area (Å²) in [4.78, 5) is 10.9. The molecule has 1 aliphatic carbocycles. The lowest BCUT2D eigenvalue weighted by Crippen LogP contribution is -2.05. The van der Waals surface area contributed by atoms with Gasteiger partial charge in [0.25, 0.3) is 0 Å². The Balaban J connectivity index is 2.34. The second-order valence-electron chi connectivity index (χ2n) is 4.09. The van der Waals surface area contributed by atoms with Crippen molar-refractivity contribution >= 4 is 29.2 Å². The van der Waals surface area contributed by atoms with Crippen molar-refractivity contribution in [3.63, 3.8) is 0 Å². The van der Waals surface area contributed by atoms with Crippen LogP contribution in [0.4, 0.5) is 13.2 Å². The molecular formula is C11H7Cl2F3O2. The molecule has 18 heavy (non-hydrogen) atoms. The molecule has 2 atom stereocenters. The van der Waals surface area contributed by atoms with E-state index in [9.17, 15) is 18.0 Å². The van der Waals surface area contributed by atoms with E-state index in [4.69, 9.17) is 28.3 Å². The van der Waals surface area contributed by atoms with E-state index >= 15 is 0 Å². The summed E-state index contributed by atoms with van der Waals surface area (Å²) < 4.78 is 36.0. The van der Waals surface area contributed by atoms with Crippen molar-refractivity contribution in [2.45, 2.75) is 16.4 Å². The second-order valence-corrected chi connectivity index (χ2v) is 5.54. The van der Waals surface area contributed by atoms with Crippen molar-refractivity contribution < 1.29 is 23.1 Å². The second kappa shape index (κ2) is 4.03. The van der Waals surface area contributed by atoms with Gasteiger partial charge in [0.15, 0.2) is 0 Å². The lowest BCUT2D eigenvalue weighted by atomic mass is 10.1. The molecule has 0 bridgehead atoms. The van der Waals surface area contributed by atoms with Gasteiger partial charge in [0, 0.05) is 5.92 Å². The molecule has 0 radical (unpaired) electrons. The quantitative estimate of drug-likeness (QED) is 0.846. The van der Waals surface area contributed by atoms with Crippen LogP contribution in [0.3, 0.4) is 0 Å². The topological polar surface area (TPSA) is 37.3 Å². The average molecular weight is 299 g/mol. The fraction of sp³-hybridized carbons (Fsp3) is 0.364. The van der Waals surface area contributed by atoms with Gasteiger partial charge in [0.1, 0.15) is 4.33 Å². The Labute approximate surface area is 110 Å². The zero-order chi connectivity index (χ0) is 13.7. The summed E-state index contributed by atoms with van der Waals surface area (Å²) in [6.45, 7) is 0. The van der Waals surface area contributed by atoms with Gasteiger partial charge in [-0.05, 0) is 11.6 Å². The molecule has 0 unspecified atom stereocenters. The van der Waals surface area contributed by atoms with E-state index in [0.717, 1.165) is 12.1 Å². The van der Waals surface area contributed by atoms with Gasteiger partial charge in [0.2, 0.25) is 0 Å². The van der Waals surface area contributed by atoms with E-state index in [1.807, 2.05) is 0 Å². The number of rotatable bonds is 2. The number of hydrogen-bond acceptors (Lipinski definition) is 1. The van der Waals surface area contributed by atoms with Gasteiger partial charge >= 0.3 is 12.1 Å².